The molecule has 0 saturated carbocycles. The lowest BCUT2D eigenvalue weighted by atomic mass is 10.1. The molecule has 1 aromatic heterocycles. The van der Waals surface area contributed by atoms with Crippen molar-refractivity contribution in [2.24, 2.45) is 0 Å². The van der Waals surface area contributed by atoms with E-state index in [0.29, 0.717) is 23.0 Å². The number of ketones is 1. The van der Waals surface area contributed by atoms with Crippen LogP contribution in [0.25, 0.3) is 16.6 Å². The van der Waals surface area contributed by atoms with Crippen LogP contribution >= 0.6 is 11.6 Å². The maximum Gasteiger partial charge on any atom is 0.210 e. The van der Waals surface area contributed by atoms with Crippen LogP contribution in [0, 0.1) is 0 Å². The van der Waals surface area contributed by atoms with E-state index in [2.05, 4.69) is 4.90 Å². The number of fused-ring (bicyclic) bond motifs is 1. The Balaban J connectivity index is 1.82. The fraction of sp³-hybridized carbons (Fsp3) is 0.318. The highest BCUT2D eigenvalue weighted by atomic mass is 35.5. The third-order valence-corrected chi connectivity index (χ3v) is 5.46. The van der Waals surface area contributed by atoms with Gasteiger partial charge >= 0.3 is 0 Å². The number of methoxy groups -OCH3 is 1. The number of para-hydroxylation sites is 1. The van der Waals surface area contributed by atoms with Gasteiger partial charge in [-0.1, -0.05) is 36.2 Å². The Morgan fingerprint density at radius 2 is 1.74 bits per heavy atom. The largest absolute Gasteiger partial charge is 0.481 e. The van der Waals surface area contributed by atoms with Crippen LogP contribution in [-0.4, -0.2) is 42.0 Å². The molecular weight excluding hydrogens is 360 g/mol. The second-order valence-corrected chi connectivity index (χ2v) is 7.41. The third kappa shape index (κ3) is 3.47. The molecule has 1 aliphatic rings. The lowest BCUT2D eigenvalue weighted by Crippen LogP contribution is -2.34. The Labute approximate surface area is 164 Å². The first kappa shape index (κ1) is 18.1. The van der Waals surface area contributed by atoms with Gasteiger partial charge in [-0.3, -0.25) is 14.3 Å². The fourth-order valence-corrected chi connectivity index (χ4v) is 4.05. The number of nitrogens with zero attached hydrogens (tertiary/aromatic N) is 2. The first-order chi connectivity index (χ1) is 13.2. The molecule has 0 amide bonds. The first-order valence-corrected chi connectivity index (χ1v) is 9.76. The molecule has 4 rings (SSSR count). The van der Waals surface area contributed by atoms with Gasteiger partial charge in [-0.25, -0.2) is 0 Å². The topological polar surface area (TPSA) is 34.5 Å². The molecule has 0 spiro atoms. The molecule has 0 aliphatic carbocycles. The van der Waals surface area contributed by atoms with E-state index in [0.717, 1.165) is 42.5 Å². The minimum Gasteiger partial charge on any atom is -0.481 e. The van der Waals surface area contributed by atoms with Crippen molar-refractivity contribution in [3.05, 3.63) is 59.1 Å². The molecule has 4 nitrogen and oxygen atoms in total. The smallest absolute Gasteiger partial charge is 0.210 e. The Kier molecular flexibility index (Phi) is 5.19. The van der Waals surface area contributed by atoms with E-state index < -0.39 is 0 Å². The third-order valence-electron chi connectivity index (χ3n) is 5.20. The van der Waals surface area contributed by atoms with Crippen LogP contribution in [0.15, 0.2) is 48.5 Å². The molecule has 1 saturated heterocycles. The molecule has 0 N–H and O–H groups in total. The molecule has 27 heavy (non-hydrogen) atoms. The second kappa shape index (κ2) is 7.75. The number of piperidine rings is 1. The maximum atomic E-state index is 13.2. The molecule has 0 atom stereocenters. The highest BCUT2D eigenvalue weighted by molar-refractivity contribution is 6.30. The number of likely N-dealkylation sites (tertiary alicyclic amines) is 1. The monoisotopic (exact) mass is 382 g/mol. The van der Waals surface area contributed by atoms with Gasteiger partial charge < -0.3 is 4.74 Å². The predicted octanol–water partition coefficient (Wildman–Crippen LogP) is 4.96. The Morgan fingerprint density at radius 1 is 1.04 bits per heavy atom. The minimum atomic E-state index is 0.109. The van der Waals surface area contributed by atoms with Gasteiger partial charge in [-0.15, -0.1) is 0 Å². The number of rotatable bonds is 5. The summed E-state index contributed by atoms with van der Waals surface area (Å²) in [4.78, 5) is 15.5. The SMILES string of the molecule is COc1c(C(=O)CN2CCCCC2)c2ccccc2n1-c1ccc(Cl)cc1. The molecule has 1 aliphatic heterocycles. The van der Waals surface area contributed by atoms with Gasteiger partial charge in [0.1, 0.15) is 0 Å². The lowest BCUT2D eigenvalue weighted by molar-refractivity contribution is 0.0914. The molecule has 140 valence electrons. The fourth-order valence-electron chi connectivity index (χ4n) is 3.93. The van der Waals surface area contributed by atoms with Gasteiger partial charge in [0.05, 0.1) is 24.7 Å². The average molecular weight is 383 g/mol. The van der Waals surface area contributed by atoms with Gasteiger partial charge in [-0.2, -0.15) is 0 Å². The van der Waals surface area contributed by atoms with E-state index in [9.17, 15) is 4.79 Å². The van der Waals surface area contributed by atoms with Crippen molar-refractivity contribution in [1.82, 2.24) is 9.47 Å². The number of ether oxygens (including phenoxy) is 1. The summed E-state index contributed by atoms with van der Waals surface area (Å²) in [6.45, 7) is 2.42. The number of hydrogen-bond donors (Lipinski definition) is 0. The van der Waals surface area contributed by atoms with Crippen molar-refractivity contribution in [3.63, 3.8) is 0 Å². The quantitative estimate of drug-likeness (QED) is 0.585. The lowest BCUT2D eigenvalue weighted by Gasteiger charge is -2.25. The zero-order valence-electron chi connectivity index (χ0n) is 15.5. The van der Waals surface area contributed by atoms with Gasteiger partial charge in [-0.05, 0) is 56.3 Å². The van der Waals surface area contributed by atoms with Crippen LogP contribution in [0.3, 0.4) is 0 Å². The van der Waals surface area contributed by atoms with E-state index >= 15 is 0 Å². The minimum absolute atomic E-state index is 0.109. The summed E-state index contributed by atoms with van der Waals surface area (Å²) < 4.78 is 7.74. The second-order valence-electron chi connectivity index (χ2n) is 6.97. The van der Waals surface area contributed by atoms with Crippen molar-refractivity contribution in [3.8, 4) is 11.6 Å². The average Bonchev–Trinajstić information content (AvgIpc) is 3.04. The van der Waals surface area contributed by atoms with Gasteiger partial charge in [0.25, 0.3) is 0 Å². The number of hydrogen-bond acceptors (Lipinski definition) is 3. The molecule has 1 fully saturated rings. The van der Waals surface area contributed by atoms with Crippen molar-refractivity contribution >= 4 is 28.3 Å². The van der Waals surface area contributed by atoms with Crippen molar-refractivity contribution in [2.75, 3.05) is 26.7 Å². The number of Topliss-reactive ketones (excluding diaryl/α,β-unsaturated/α-hetero) is 1. The summed E-state index contributed by atoms with van der Waals surface area (Å²) in [7, 11) is 1.62. The molecule has 5 heteroatoms. The van der Waals surface area contributed by atoms with Crippen LogP contribution in [0.2, 0.25) is 5.02 Å². The van der Waals surface area contributed by atoms with E-state index in [-0.39, 0.29) is 5.78 Å². The summed E-state index contributed by atoms with van der Waals surface area (Å²) in [6.07, 6.45) is 3.58. The van der Waals surface area contributed by atoms with Crippen molar-refractivity contribution in [1.29, 1.82) is 0 Å². The standard InChI is InChI=1S/C22H23ClN2O2/c1-27-22-21(20(26)15-24-13-5-2-6-14-24)18-7-3-4-8-19(18)25(22)17-11-9-16(23)10-12-17/h3-4,7-12H,2,5-6,13-15H2,1H3. The Bertz CT molecular complexity index is 956. The normalized spacial score (nSPS) is 15.2. The van der Waals surface area contributed by atoms with Crippen LogP contribution in [-0.2, 0) is 0 Å². The van der Waals surface area contributed by atoms with Gasteiger partial charge in [0, 0.05) is 16.1 Å². The number of benzene rings is 2. The highest BCUT2D eigenvalue weighted by Gasteiger charge is 2.26. The van der Waals surface area contributed by atoms with Crippen LogP contribution in [0.5, 0.6) is 5.88 Å². The van der Waals surface area contributed by atoms with E-state index in [4.69, 9.17) is 16.3 Å². The van der Waals surface area contributed by atoms with Gasteiger partial charge in [0.15, 0.2) is 5.78 Å². The van der Waals surface area contributed by atoms with Crippen LogP contribution < -0.4 is 4.74 Å². The zero-order valence-corrected chi connectivity index (χ0v) is 16.2. The van der Waals surface area contributed by atoms with E-state index in [1.807, 2.05) is 53.1 Å². The molecule has 0 unspecified atom stereocenters. The molecule has 2 heterocycles. The van der Waals surface area contributed by atoms with E-state index in [1.165, 1.54) is 6.42 Å². The molecule has 0 bridgehead atoms. The molecule has 3 aromatic rings. The van der Waals surface area contributed by atoms with Crippen molar-refractivity contribution in [2.45, 2.75) is 19.3 Å². The number of aromatic nitrogens is 1. The molecule has 0 radical (unpaired) electrons. The summed E-state index contributed by atoms with van der Waals surface area (Å²) in [5, 5.41) is 1.60. The first-order valence-electron chi connectivity index (χ1n) is 9.38. The summed E-state index contributed by atoms with van der Waals surface area (Å²) >= 11 is 6.05. The summed E-state index contributed by atoms with van der Waals surface area (Å²) in [5.41, 5.74) is 2.54. The summed E-state index contributed by atoms with van der Waals surface area (Å²) in [6, 6.07) is 15.5. The number of carbonyl (C=O) groups is 1. The predicted molar refractivity (Wildman–Crippen MR) is 109 cm³/mol. The number of carbonyl (C=O) groups excluding carboxylic acids is 1. The zero-order chi connectivity index (χ0) is 18.8. The summed E-state index contributed by atoms with van der Waals surface area (Å²) in [5.74, 6) is 0.693. The van der Waals surface area contributed by atoms with Crippen molar-refractivity contribution < 1.29 is 9.53 Å². The molecular formula is C22H23ClN2O2. The Hall–Kier alpha value is -2.30. The molecule has 2 aromatic carbocycles. The maximum absolute atomic E-state index is 13.2. The number of halogens is 1. The Morgan fingerprint density at radius 3 is 2.44 bits per heavy atom. The highest BCUT2D eigenvalue weighted by Crippen LogP contribution is 2.36. The van der Waals surface area contributed by atoms with Crippen LogP contribution in [0.1, 0.15) is 29.6 Å². The van der Waals surface area contributed by atoms with Gasteiger partial charge in [0.2, 0.25) is 5.88 Å². The van der Waals surface area contributed by atoms with Crippen LogP contribution in [0.4, 0.5) is 0 Å². The van der Waals surface area contributed by atoms with E-state index in [1.54, 1.807) is 7.11 Å².